The molecule has 24 heavy (non-hydrogen) atoms. The van der Waals surface area contributed by atoms with Gasteiger partial charge in [0.1, 0.15) is 10.6 Å². The minimum atomic E-state index is -3.66. The van der Waals surface area contributed by atoms with Gasteiger partial charge in [-0.1, -0.05) is 12.8 Å². The van der Waals surface area contributed by atoms with Gasteiger partial charge in [0, 0.05) is 33.4 Å². The van der Waals surface area contributed by atoms with Gasteiger partial charge in [0.25, 0.3) is 5.91 Å². The van der Waals surface area contributed by atoms with Crippen molar-refractivity contribution in [2.24, 2.45) is 18.7 Å². The molecule has 9 heteroatoms. The fourth-order valence-electron chi connectivity index (χ4n) is 3.04. The normalized spacial score (nSPS) is 21.2. The van der Waals surface area contributed by atoms with Crippen molar-refractivity contribution in [1.29, 1.82) is 0 Å². The minimum absolute atomic E-state index is 0. The quantitative estimate of drug-likeness (QED) is 0.796. The van der Waals surface area contributed by atoms with Crippen molar-refractivity contribution in [3.8, 4) is 0 Å². The number of hydrogen-bond donors (Lipinski definition) is 2. The van der Waals surface area contributed by atoms with E-state index in [-0.39, 0.29) is 35.2 Å². The Hall–Kier alpha value is -1.09. The molecule has 3 N–H and O–H groups in total. The highest BCUT2D eigenvalue weighted by molar-refractivity contribution is 7.89. The zero-order valence-electron chi connectivity index (χ0n) is 14.4. The summed E-state index contributed by atoms with van der Waals surface area (Å²) in [6.45, 7) is 0.479. The Morgan fingerprint density at radius 1 is 1.38 bits per heavy atom. The van der Waals surface area contributed by atoms with Crippen molar-refractivity contribution in [2.45, 2.75) is 36.6 Å². The van der Waals surface area contributed by atoms with E-state index in [1.165, 1.54) is 21.7 Å². The lowest BCUT2D eigenvalue weighted by molar-refractivity contribution is 0.0818. The number of nitrogens with two attached hydrogens (primary N) is 1. The smallest absolute Gasteiger partial charge is 0.269 e. The maximum atomic E-state index is 12.6. The molecule has 1 aliphatic rings. The summed E-state index contributed by atoms with van der Waals surface area (Å²) in [5.41, 5.74) is 6.11. The Balaban J connectivity index is 0.00000288. The minimum Gasteiger partial charge on any atom is -0.345 e. The summed E-state index contributed by atoms with van der Waals surface area (Å²) in [5, 5.41) is 0. The molecule has 0 aromatic carbocycles. The highest BCUT2D eigenvalue weighted by atomic mass is 35.5. The lowest BCUT2D eigenvalue weighted by Crippen LogP contribution is -2.44. The first kappa shape index (κ1) is 21.0. The Labute approximate surface area is 150 Å². The van der Waals surface area contributed by atoms with Crippen LogP contribution in [0, 0.1) is 5.92 Å². The molecule has 2 atom stereocenters. The molecule has 1 heterocycles. The lowest BCUT2D eigenvalue weighted by atomic mass is 9.85. The second kappa shape index (κ2) is 8.33. The summed E-state index contributed by atoms with van der Waals surface area (Å²) < 4.78 is 29.6. The summed E-state index contributed by atoms with van der Waals surface area (Å²) in [7, 11) is 1.27. The van der Waals surface area contributed by atoms with Crippen LogP contribution in [0.1, 0.15) is 36.2 Å². The van der Waals surface area contributed by atoms with Crippen LogP contribution in [0.15, 0.2) is 17.2 Å². The Bertz CT molecular complexity index is 672. The predicted octanol–water partition coefficient (Wildman–Crippen LogP) is 0.944. The maximum absolute atomic E-state index is 12.6. The number of sulfonamides is 1. The maximum Gasteiger partial charge on any atom is 0.269 e. The van der Waals surface area contributed by atoms with E-state index >= 15 is 0 Å². The number of amides is 1. The van der Waals surface area contributed by atoms with Crippen molar-refractivity contribution in [2.75, 3.05) is 20.6 Å². The number of carbonyl (C=O) groups is 1. The Kier molecular flexibility index (Phi) is 7.27. The van der Waals surface area contributed by atoms with Crippen LogP contribution in [0.5, 0.6) is 0 Å². The Morgan fingerprint density at radius 2 is 2.00 bits per heavy atom. The van der Waals surface area contributed by atoms with E-state index in [0.717, 1.165) is 25.7 Å². The van der Waals surface area contributed by atoms with Gasteiger partial charge in [-0.25, -0.2) is 13.1 Å². The average Bonchev–Trinajstić information content (AvgIpc) is 2.89. The van der Waals surface area contributed by atoms with E-state index in [9.17, 15) is 13.2 Å². The molecule has 0 spiro atoms. The summed E-state index contributed by atoms with van der Waals surface area (Å²) in [4.78, 5) is 13.6. The van der Waals surface area contributed by atoms with E-state index in [1.807, 2.05) is 0 Å². The van der Waals surface area contributed by atoms with Gasteiger partial charge in [0.05, 0.1) is 0 Å². The van der Waals surface area contributed by atoms with Crippen LogP contribution in [-0.2, 0) is 17.1 Å². The van der Waals surface area contributed by atoms with Gasteiger partial charge in [-0.2, -0.15) is 0 Å². The molecular formula is C15H27ClN4O3S. The number of carbonyl (C=O) groups excluding carboxylic acids is 1. The highest BCUT2D eigenvalue weighted by Gasteiger charge is 2.30. The molecular weight excluding hydrogens is 352 g/mol. The largest absolute Gasteiger partial charge is 0.345 e. The average molecular weight is 379 g/mol. The molecule has 1 fully saturated rings. The topological polar surface area (TPSA) is 97.4 Å². The summed E-state index contributed by atoms with van der Waals surface area (Å²) in [5.74, 6) is -0.0587. The fraction of sp³-hybridized carbons (Fsp3) is 0.667. The highest BCUT2D eigenvalue weighted by Crippen LogP contribution is 2.25. The van der Waals surface area contributed by atoms with Crippen molar-refractivity contribution in [3.63, 3.8) is 0 Å². The van der Waals surface area contributed by atoms with E-state index in [4.69, 9.17) is 5.73 Å². The van der Waals surface area contributed by atoms with Crippen molar-refractivity contribution >= 4 is 28.3 Å². The molecule has 2 unspecified atom stereocenters. The number of rotatable bonds is 5. The number of nitrogens with one attached hydrogen (secondary N) is 1. The monoisotopic (exact) mass is 378 g/mol. The first-order chi connectivity index (χ1) is 10.8. The van der Waals surface area contributed by atoms with Crippen LogP contribution in [0.4, 0.5) is 0 Å². The number of hydrogen-bond acceptors (Lipinski definition) is 4. The van der Waals surface area contributed by atoms with Gasteiger partial charge < -0.3 is 15.2 Å². The lowest BCUT2D eigenvalue weighted by Gasteiger charge is -2.30. The third-order valence-electron chi connectivity index (χ3n) is 4.43. The predicted molar refractivity (Wildman–Crippen MR) is 95.8 cm³/mol. The van der Waals surface area contributed by atoms with Crippen LogP contribution in [0.25, 0.3) is 0 Å². The summed E-state index contributed by atoms with van der Waals surface area (Å²) in [6, 6.07) is 1.29. The molecule has 1 aromatic heterocycles. The van der Waals surface area contributed by atoms with Crippen LogP contribution < -0.4 is 10.5 Å². The molecule has 138 valence electrons. The van der Waals surface area contributed by atoms with Crippen molar-refractivity contribution in [1.82, 2.24) is 14.2 Å². The Morgan fingerprint density at radius 3 is 2.58 bits per heavy atom. The molecule has 0 aliphatic heterocycles. The van der Waals surface area contributed by atoms with Gasteiger partial charge in [-0.05, 0) is 31.4 Å². The standard InChI is InChI=1S/C15H26N4O3S.ClH/c1-18(2)15(20)14-8-12(10-19(14)3)23(21,22)17-13-7-5-4-6-11(13)9-16;/h8,10-11,13,17H,4-7,9,16H2,1-3H3;1H. The molecule has 0 bridgehead atoms. The molecule has 1 aliphatic carbocycles. The molecule has 1 aromatic rings. The SMILES string of the molecule is CN(C)C(=O)c1cc(S(=O)(=O)NC2CCCCC2CN)cn1C.Cl. The van der Waals surface area contributed by atoms with Gasteiger partial charge >= 0.3 is 0 Å². The van der Waals surface area contributed by atoms with Crippen molar-refractivity contribution in [3.05, 3.63) is 18.0 Å². The van der Waals surface area contributed by atoms with E-state index in [1.54, 1.807) is 21.1 Å². The van der Waals surface area contributed by atoms with Gasteiger partial charge in [-0.3, -0.25) is 4.79 Å². The molecule has 1 saturated carbocycles. The molecule has 1 amide bonds. The van der Waals surface area contributed by atoms with Gasteiger partial charge in [0.15, 0.2) is 0 Å². The van der Waals surface area contributed by atoms with Crippen LogP contribution >= 0.6 is 12.4 Å². The number of nitrogens with zero attached hydrogens (tertiary/aromatic N) is 2. The van der Waals surface area contributed by atoms with Gasteiger partial charge in [0.2, 0.25) is 10.0 Å². The second-order valence-corrected chi connectivity index (χ2v) is 8.09. The van der Waals surface area contributed by atoms with Crippen LogP contribution in [0.3, 0.4) is 0 Å². The zero-order valence-corrected chi connectivity index (χ0v) is 16.0. The first-order valence-corrected chi connectivity index (χ1v) is 9.35. The third kappa shape index (κ3) is 4.50. The molecule has 7 nitrogen and oxygen atoms in total. The van der Waals surface area contributed by atoms with E-state index in [0.29, 0.717) is 12.2 Å². The van der Waals surface area contributed by atoms with Crippen LogP contribution in [-0.4, -0.2) is 50.5 Å². The summed E-state index contributed by atoms with van der Waals surface area (Å²) in [6.07, 6.45) is 5.31. The van der Waals surface area contributed by atoms with Gasteiger partial charge in [-0.15, -0.1) is 12.4 Å². The molecule has 0 radical (unpaired) electrons. The van der Waals surface area contributed by atoms with E-state index < -0.39 is 10.0 Å². The fourth-order valence-corrected chi connectivity index (χ4v) is 4.44. The van der Waals surface area contributed by atoms with Crippen LogP contribution in [0.2, 0.25) is 0 Å². The van der Waals surface area contributed by atoms with E-state index in [2.05, 4.69) is 4.72 Å². The first-order valence-electron chi connectivity index (χ1n) is 7.86. The number of halogens is 1. The molecule has 2 rings (SSSR count). The number of aromatic nitrogens is 1. The molecule has 0 saturated heterocycles. The zero-order chi connectivity index (χ0) is 17.2. The van der Waals surface area contributed by atoms with Crippen molar-refractivity contribution < 1.29 is 13.2 Å². The number of aryl methyl sites for hydroxylation is 1. The second-order valence-electron chi connectivity index (χ2n) is 6.38. The third-order valence-corrected chi connectivity index (χ3v) is 5.89. The summed E-state index contributed by atoms with van der Waals surface area (Å²) >= 11 is 0.